The molecule has 0 aliphatic heterocycles. The van der Waals surface area contributed by atoms with E-state index in [1.165, 1.54) is 21.3 Å². The Labute approximate surface area is 95.3 Å². The molecule has 5 heteroatoms. The van der Waals surface area contributed by atoms with Gasteiger partial charge in [-0.15, -0.1) is 0 Å². The Morgan fingerprint density at radius 3 is 1.87 bits per heavy atom. The summed E-state index contributed by atoms with van der Waals surface area (Å²) in [6.45, 7) is -3.46. The van der Waals surface area contributed by atoms with Gasteiger partial charge in [-0.1, -0.05) is 0 Å². The van der Waals surface area contributed by atoms with Gasteiger partial charge >= 0.3 is 94.8 Å². The first-order chi connectivity index (χ1) is 7.06. The van der Waals surface area contributed by atoms with Crippen LogP contribution in [-0.2, 0) is 19.7 Å². The number of halogens is 1. The van der Waals surface area contributed by atoms with Gasteiger partial charge in [-0.25, -0.2) is 0 Å². The molecule has 0 radical (unpaired) electrons. The van der Waals surface area contributed by atoms with Crippen LogP contribution < -0.4 is 0 Å². The Hall–Kier alpha value is -0.180. The minimum atomic E-state index is -3.46. The molecule has 1 aromatic carbocycles. The van der Waals surface area contributed by atoms with Crippen LogP contribution in [0.5, 0.6) is 0 Å². The van der Waals surface area contributed by atoms with Crippen molar-refractivity contribution in [1.82, 2.24) is 0 Å². The zero-order chi connectivity index (χ0) is 11.4. The van der Waals surface area contributed by atoms with E-state index >= 15 is 0 Å². The van der Waals surface area contributed by atoms with Gasteiger partial charge in [0.05, 0.1) is 0 Å². The quantitative estimate of drug-likeness (QED) is 0.748. The molecule has 0 fully saturated rings. The zero-order valence-corrected chi connectivity index (χ0v) is 10.8. The van der Waals surface area contributed by atoms with Gasteiger partial charge in [0.1, 0.15) is 0 Å². The molecule has 0 aliphatic rings. The van der Waals surface area contributed by atoms with Crippen LogP contribution in [0.15, 0.2) is 30.3 Å². The van der Waals surface area contributed by atoms with E-state index in [1.807, 2.05) is 30.3 Å². The molecule has 0 spiro atoms. The summed E-state index contributed by atoms with van der Waals surface area (Å²) in [5, 5.41) is 0. The molecule has 0 saturated heterocycles. The molecule has 0 amide bonds. The molecular weight excluding hydrogens is 235 g/mol. The molecule has 0 saturated carbocycles. The number of rotatable bonds is 5. The van der Waals surface area contributed by atoms with Crippen molar-refractivity contribution in [2.75, 3.05) is 21.3 Å². The summed E-state index contributed by atoms with van der Waals surface area (Å²) in [4.78, 5) is 0. The van der Waals surface area contributed by atoms with Gasteiger partial charge in [0.15, 0.2) is 0 Å². The van der Waals surface area contributed by atoms with E-state index in [0.717, 1.165) is 5.56 Å². The average molecular weight is 251 g/mol. The normalized spacial score (nSPS) is 14.5. The van der Waals surface area contributed by atoms with Crippen molar-refractivity contribution >= 4 is 17.9 Å². The second-order valence-electron chi connectivity index (χ2n) is 3.13. The molecule has 3 nitrogen and oxygen atoms in total. The monoisotopic (exact) mass is 250 g/mol. The molecule has 1 rings (SSSR count). The third-order valence-corrected chi connectivity index (χ3v) is 6.88. The molecule has 15 heavy (non-hydrogen) atoms. The Bertz CT molecular complexity index is 303. The van der Waals surface area contributed by atoms with Crippen molar-refractivity contribution in [3.05, 3.63) is 35.9 Å². The summed E-state index contributed by atoms with van der Waals surface area (Å²) < 4.78 is 15.8. The second kappa shape index (κ2) is 4.77. The van der Waals surface area contributed by atoms with E-state index < -0.39 is 6.64 Å². The van der Waals surface area contributed by atoms with E-state index in [0.29, 0.717) is 6.16 Å². The maximum atomic E-state index is 6.35. The van der Waals surface area contributed by atoms with Crippen molar-refractivity contribution in [2.45, 2.75) is 6.16 Å². The van der Waals surface area contributed by atoms with Gasteiger partial charge < -0.3 is 0 Å². The maximum absolute atomic E-state index is 6.35. The minimum absolute atomic E-state index is 0.428. The summed E-state index contributed by atoms with van der Waals surface area (Å²) >= 11 is 6.35. The number of benzene rings is 1. The number of hydrogen-bond donors (Lipinski definition) is 0. The standard InChI is InChI=1S/C10H16ClO3P/c1-12-15(11,13-2,14-3)9-10-7-5-4-6-8-10/h4-8H,9H2,1-3H3. The van der Waals surface area contributed by atoms with Crippen molar-refractivity contribution in [2.24, 2.45) is 0 Å². The molecule has 0 heterocycles. The van der Waals surface area contributed by atoms with Crippen LogP contribution >= 0.6 is 17.9 Å². The van der Waals surface area contributed by atoms with Crippen LogP contribution in [-0.4, -0.2) is 21.3 Å². The molecule has 0 bridgehead atoms. The van der Waals surface area contributed by atoms with Gasteiger partial charge in [-0.05, 0) is 0 Å². The Balaban J connectivity index is 2.95. The summed E-state index contributed by atoms with van der Waals surface area (Å²) in [7, 11) is 4.50. The van der Waals surface area contributed by atoms with E-state index in [2.05, 4.69) is 0 Å². The Morgan fingerprint density at radius 1 is 1.00 bits per heavy atom. The summed E-state index contributed by atoms with van der Waals surface area (Å²) in [6.07, 6.45) is 0.428. The Morgan fingerprint density at radius 2 is 1.47 bits per heavy atom. The number of hydrogen-bond acceptors (Lipinski definition) is 3. The topological polar surface area (TPSA) is 27.7 Å². The molecule has 0 N–H and O–H groups in total. The first-order valence-electron chi connectivity index (χ1n) is 4.52. The molecule has 0 atom stereocenters. The van der Waals surface area contributed by atoms with Crippen LogP contribution in [0.3, 0.4) is 0 Å². The van der Waals surface area contributed by atoms with Crippen LogP contribution in [0.2, 0.25) is 0 Å². The van der Waals surface area contributed by atoms with E-state index in [9.17, 15) is 0 Å². The first kappa shape index (κ1) is 12.9. The summed E-state index contributed by atoms with van der Waals surface area (Å²) in [5.41, 5.74) is 1.02. The SMILES string of the molecule is COP(Cl)(Cc1ccccc1)(OC)OC. The van der Waals surface area contributed by atoms with Gasteiger partial charge in [0, 0.05) is 0 Å². The predicted molar refractivity (Wildman–Crippen MR) is 63.9 cm³/mol. The van der Waals surface area contributed by atoms with Crippen molar-refractivity contribution in [3.63, 3.8) is 0 Å². The molecule has 0 aromatic heterocycles. The Kier molecular flexibility index (Phi) is 4.10. The second-order valence-corrected chi connectivity index (χ2v) is 8.37. The third kappa shape index (κ3) is 2.90. The van der Waals surface area contributed by atoms with Crippen LogP contribution in [0.1, 0.15) is 5.56 Å². The van der Waals surface area contributed by atoms with Crippen LogP contribution in [0.25, 0.3) is 0 Å². The zero-order valence-electron chi connectivity index (χ0n) is 9.14. The molecule has 0 aliphatic carbocycles. The van der Waals surface area contributed by atoms with Crippen molar-refractivity contribution in [3.8, 4) is 0 Å². The predicted octanol–water partition coefficient (Wildman–Crippen LogP) is 3.58. The van der Waals surface area contributed by atoms with E-state index in [-0.39, 0.29) is 0 Å². The van der Waals surface area contributed by atoms with Crippen molar-refractivity contribution in [1.29, 1.82) is 0 Å². The molecular formula is C10H16ClO3P. The first-order valence-corrected chi connectivity index (χ1v) is 7.60. The molecule has 86 valence electrons. The molecule has 1 aromatic rings. The van der Waals surface area contributed by atoms with E-state index in [4.69, 9.17) is 24.8 Å². The van der Waals surface area contributed by atoms with Crippen LogP contribution in [0, 0.1) is 0 Å². The van der Waals surface area contributed by atoms with E-state index in [1.54, 1.807) is 0 Å². The average Bonchev–Trinajstić information content (AvgIpc) is 2.31. The third-order valence-electron chi connectivity index (χ3n) is 2.32. The fraction of sp³-hybridized carbons (Fsp3) is 0.400. The molecule has 0 unspecified atom stereocenters. The summed E-state index contributed by atoms with van der Waals surface area (Å²) in [6, 6.07) is 9.74. The summed E-state index contributed by atoms with van der Waals surface area (Å²) in [5.74, 6) is 0. The van der Waals surface area contributed by atoms with Crippen molar-refractivity contribution < 1.29 is 13.6 Å². The fourth-order valence-corrected chi connectivity index (χ4v) is 3.34. The van der Waals surface area contributed by atoms with Gasteiger partial charge in [0.25, 0.3) is 0 Å². The van der Waals surface area contributed by atoms with Gasteiger partial charge in [-0.2, -0.15) is 0 Å². The van der Waals surface area contributed by atoms with Crippen LogP contribution in [0.4, 0.5) is 0 Å². The van der Waals surface area contributed by atoms with Gasteiger partial charge in [0.2, 0.25) is 0 Å². The van der Waals surface area contributed by atoms with Gasteiger partial charge in [-0.3, -0.25) is 0 Å². The fourth-order valence-electron chi connectivity index (χ4n) is 1.29.